The Hall–Kier alpha value is -2.95. The van der Waals surface area contributed by atoms with Crippen LogP contribution in [0.15, 0.2) is 54.6 Å². The third-order valence-corrected chi connectivity index (χ3v) is 4.49. The molecular formula is C20H19N3O2. The molecule has 0 N–H and O–H groups in total. The largest absolute Gasteiger partial charge is 0.471 e. The molecule has 2 heterocycles. The van der Waals surface area contributed by atoms with Crippen LogP contribution in [0.25, 0.3) is 10.8 Å². The number of benzene rings is 2. The topological polar surface area (TPSA) is 55.3 Å². The van der Waals surface area contributed by atoms with Crippen molar-refractivity contribution in [2.75, 3.05) is 13.1 Å². The monoisotopic (exact) mass is 333 g/mol. The summed E-state index contributed by atoms with van der Waals surface area (Å²) in [5.74, 6) is 0.558. The summed E-state index contributed by atoms with van der Waals surface area (Å²) in [7, 11) is 0. The van der Waals surface area contributed by atoms with E-state index in [4.69, 9.17) is 4.74 Å². The van der Waals surface area contributed by atoms with Crippen molar-refractivity contribution < 1.29 is 9.53 Å². The number of fused-ring (bicyclic) bond motifs is 1. The first-order chi connectivity index (χ1) is 12.2. The number of hydrogen-bond donors (Lipinski definition) is 0. The van der Waals surface area contributed by atoms with Crippen molar-refractivity contribution in [2.24, 2.45) is 0 Å². The highest BCUT2D eigenvalue weighted by Gasteiger charge is 2.28. The van der Waals surface area contributed by atoms with Gasteiger partial charge in [-0.15, -0.1) is 5.10 Å². The Kier molecular flexibility index (Phi) is 4.06. The summed E-state index contributed by atoms with van der Waals surface area (Å²) in [6, 6.07) is 17.6. The molecule has 0 aliphatic carbocycles. The van der Waals surface area contributed by atoms with E-state index in [0.29, 0.717) is 19.0 Å². The fraction of sp³-hybridized carbons (Fsp3) is 0.250. The second kappa shape index (κ2) is 6.51. The van der Waals surface area contributed by atoms with E-state index < -0.39 is 0 Å². The Bertz CT molecular complexity index is 908. The van der Waals surface area contributed by atoms with Crippen molar-refractivity contribution in [3.05, 3.63) is 65.9 Å². The molecule has 1 aromatic heterocycles. The van der Waals surface area contributed by atoms with Crippen molar-refractivity contribution in [3.8, 4) is 5.88 Å². The van der Waals surface area contributed by atoms with Gasteiger partial charge in [-0.3, -0.25) is 4.79 Å². The Morgan fingerprint density at radius 2 is 1.92 bits per heavy atom. The summed E-state index contributed by atoms with van der Waals surface area (Å²) < 4.78 is 5.85. The van der Waals surface area contributed by atoms with Crippen LogP contribution < -0.4 is 4.74 Å². The van der Waals surface area contributed by atoms with Crippen LogP contribution in [0.5, 0.6) is 5.88 Å². The van der Waals surface area contributed by atoms with Crippen LogP contribution in [0.4, 0.5) is 0 Å². The number of aryl methyl sites for hydroxylation is 1. The van der Waals surface area contributed by atoms with E-state index in [1.165, 1.54) is 0 Å². The minimum Gasteiger partial charge on any atom is -0.471 e. The number of carbonyl (C=O) groups excluding carboxylic acids is 1. The van der Waals surface area contributed by atoms with Crippen LogP contribution >= 0.6 is 0 Å². The maximum atomic E-state index is 12.8. The summed E-state index contributed by atoms with van der Waals surface area (Å²) in [6.07, 6.45) is 0.760. The SMILES string of the molecule is Cc1ccc(OC2CCN(C(=O)c3ccc4ccccc4c3)C2)nn1. The van der Waals surface area contributed by atoms with Gasteiger partial charge in [0.15, 0.2) is 0 Å². The standard InChI is InChI=1S/C20H19N3O2/c1-14-6-9-19(22-21-14)25-18-10-11-23(13-18)20(24)17-8-7-15-4-2-3-5-16(15)12-17/h2-9,12,18H,10-11,13H2,1H3. The Morgan fingerprint density at radius 3 is 2.72 bits per heavy atom. The van der Waals surface area contributed by atoms with E-state index >= 15 is 0 Å². The fourth-order valence-corrected chi connectivity index (χ4v) is 3.13. The van der Waals surface area contributed by atoms with Gasteiger partial charge in [-0.1, -0.05) is 30.3 Å². The van der Waals surface area contributed by atoms with Crippen LogP contribution in [0.3, 0.4) is 0 Å². The average Bonchev–Trinajstić information content (AvgIpc) is 3.11. The van der Waals surface area contributed by atoms with Gasteiger partial charge >= 0.3 is 0 Å². The summed E-state index contributed by atoms with van der Waals surface area (Å²) in [5, 5.41) is 10.2. The van der Waals surface area contributed by atoms with Gasteiger partial charge in [0, 0.05) is 24.6 Å². The molecule has 1 aliphatic heterocycles. The molecule has 1 amide bonds. The molecule has 5 nitrogen and oxygen atoms in total. The fourth-order valence-electron chi connectivity index (χ4n) is 3.13. The Labute approximate surface area is 146 Å². The highest BCUT2D eigenvalue weighted by Crippen LogP contribution is 2.21. The number of carbonyl (C=O) groups is 1. The minimum atomic E-state index is -0.0404. The average molecular weight is 333 g/mol. The first-order valence-electron chi connectivity index (χ1n) is 8.44. The van der Waals surface area contributed by atoms with E-state index in [2.05, 4.69) is 10.2 Å². The van der Waals surface area contributed by atoms with E-state index in [0.717, 1.165) is 28.5 Å². The van der Waals surface area contributed by atoms with Gasteiger partial charge in [0.2, 0.25) is 5.88 Å². The highest BCUT2D eigenvalue weighted by atomic mass is 16.5. The molecule has 5 heteroatoms. The number of aromatic nitrogens is 2. The van der Waals surface area contributed by atoms with E-state index in [-0.39, 0.29) is 12.0 Å². The molecule has 0 spiro atoms. The quantitative estimate of drug-likeness (QED) is 0.738. The first-order valence-corrected chi connectivity index (χ1v) is 8.44. The van der Waals surface area contributed by atoms with Gasteiger partial charge in [-0.2, -0.15) is 5.10 Å². The van der Waals surface area contributed by atoms with E-state index in [1.54, 1.807) is 0 Å². The number of nitrogens with zero attached hydrogens (tertiary/aromatic N) is 3. The molecule has 1 fully saturated rings. The van der Waals surface area contributed by atoms with Crippen LogP contribution in [-0.2, 0) is 0 Å². The maximum Gasteiger partial charge on any atom is 0.254 e. The van der Waals surface area contributed by atoms with Crippen LogP contribution in [-0.4, -0.2) is 40.2 Å². The first kappa shape index (κ1) is 15.6. The molecule has 1 saturated heterocycles. The minimum absolute atomic E-state index is 0.0404. The lowest BCUT2D eigenvalue weighted by molar-refractivity contribution is 0.0771. The van der Waals surface area contributed by atoms with Gasteiger partial charge in [0.25, 0.3) is 5.91 Å². The molecule has 126 valence electrons. The number of rotatable bonds is 3. The van der Waals surface area contributed by atoms with Crippen molar-refractivity contribution in [3.63, 3.8) is 0 Å². The molecule has 1 aliphatic rings. The number of likely N-dealkylation sites (tertiary alicyclic amines) is 1. The second-order valence-electron chi connectivity index (χ2n) is 6.35. The molecule has 0 radical (unpaired) electrons. The molecule has 25 heavy (non-hydrogen) atoms. The zero-order valence-electron chi connectivity index (χ0n) is 14.1. The lowest BCUT2D eigenvalue weighted by atomic mass is 10.1. The van der Waals surface area contributed by atoms with Crippen molar-refractivity contribution >= 4 is 16.7 Å². The van der Waals surface area contributed by atoms with Crippen LogP contribution in [0.1, 0.15) is 22.5 Å². The number of ether oxygens (including phenoxy) is 1. The normalized spacial score (nSPS) is 17.0. The zero-order chi connectivity index (χ0) is 17.2. The molecule has 4 rings (SSSR count). The van der Waals surface area contributed by atoms with Gasteiger partial charge in [0.05, 0.1) is 12.2 Å². The number of hydrogen-bond acceptors (Lipinski definition) is 4. The zero-order valence-corrected chi connectivity index (χ0v) is 14.1. The second-order valence-corrected chi connectivity index (χ2v) is 6.35. The summed E-state index contributed by atoms with van der Waals surface area (Å²) >= 11 is 0. The van der Waals surface area contributed by atoms with Crippen molar-refractivity contribution in [1.82, 2.24) is 15.1 Å². The Balaban J connectivity index is 1.45. The predicted octanol–water partition coefficient (Wildman–Crippen LogP) is 3.23. The number of amides is 1. The molecule has 3 aromatic rings. The lowest BCUT2D eigenvalue weighted by Gasteiger charge is -2.17. The molecule has 1 atom stereocenters. The molecular weight excluding hydrogens is 314 g/mol. The summed E-state index contributed by atoms with van der Waals surface area (Å²) in [5.41, 5.74) is 1.57. The third-order valence-electron chi connectivity index (χ3n) is 4.49. The molecule has 0 saturated carbocycles. The van der Waals surface area contributed by atoms with Gasteiger partial charge in [-0.05, 0) is 35.9 Å². The summed E-state index contributed by atoms with van der Waals surface area (Å²) in [6.45, 7) is 3.15. The van der Waals surface area contributed by atoms with Crippen molar-refractivity contribution in [1.29, 1.82) is 0 Å². The lowest BCUT2D eigenvalue weighted by Crippen LogP contribution is -2.31. The molecule has 1 unspecified atom stereocenters. The molecule has 0 bridgehead atoms. The maximum absolute atomic E-state index is 12.8. The highest BCUT2D eigenvalue weighted by molar-refractivity contribution is 5.98. The summed E-state index contributed by atoms with van der Waals surface area (Å²) in [4.78, 5) is 14.6. The Morgan fingerprint density at radius 1 is 1.08 bits per heavy atom. The smallest absolute Gasteiger partial charge is 0.254 e. The van der Waals surface area contributed by atoms with Gasteiger partial charge in [0.1, 0.15) is 6.10 Å². The van der Waals surface area contributed by atoms with Gasteiger partial charge < -0.3 is 9.64 Å². The predicted molar refractivity (Wildman–Crippen MR) is 95.7 cm³/mol. The van der Waals surface area contributed by atoms with Crippen LogP contribution in [0, 0.1) is 6.92 Å². The van der Waals surface area contributed by atoms with E-state index in [1.807, 2.05) is 66.4 Å². The molecule has 2 aromatic carbocycles. The third kappa shape index (κ3) is 3.31. The van der Waals surface area contributed by atoms with Gasteiger partial charge in [-0.25, -0.2) is 0 Å². The van der Waals surface area contributed by atoms with Crippen LogP contribution in [0.2, 0.25) is 0 Å². The van der Waals surface area contributed by atoms with E-state index in [9.17, 15) is 4.79 Å². The van der Waals surface area contributed by atoms with Crippen molar-refractivity contribution in [2.45, 2.75) is 19.4 Å².